The van der Waals surface area contributed by atoms with Crippen molar-refractivity contribution in [3.8, 4) is 0 Å². The largest absolute Gasteiger partial charge is 2.00 e. The van der Waals surface area contributed by atoms with E-state index < -0.39 is 0 Å². The third-order valence-corrected chi connectivity index (χ3v) is 0.417. The molecule has 0 unspecified atom stereocenters. The second kappa shape index (κ2) is 9.48. The maximum absolute atomic E-state index is 2.83. The van der Waals surface area contributed by atoms with Gasteiger partial charge in [-0.25, -0.2) is 0 Å². The van der Waals surface area contributed by atoms with Crippen LogP contribution in [0.4, 0.5) is 0 Å². The topological polar surface area (TPSA) is 0 Å². The summed E-state index contributed by atoms with van der Waals surface area (Å²) < 4.78 is 0. The van der Waals surface area contributed by atoms with Gasteiger partial charge in [-0.2, -0.15) is 0 Å². The van der Waals surface area contributed by atoms with Crippen LogP contribution in [0.5, 0.6) is 0 Å². The van der Waals surface area contributed by atoms with Crippen molar-refractivity contribution in [3.05, 3.63) is 24.3 Å². The van der Waals surface area contributed by atoms with Crippen LogP contribution < -0.4 is 0 Å². The van der Waals surface area contributed by atoms with Gasteiger partial charge in [-0.05, 0) is 0 Å². The van der Waals surface area contributed by atoms with E-state index in [0.717, 1.165) is 0 Å². The minimum Gasteiger partial charge on any atom is -0.391 e. The van der Waals surface area contributed by atoms with Crippen LogP contribution in [0.2, 0.25) is 0 Å². The van der Waals surface area contributed by atoms with Crippen molar-refractivity contribution in [1.82, 2.24) is 0 Å². The fourth-order valence-electron chi connectivity index (χ4n) is 0.167. The van der Waals surface area contributed by atoms with Gasteiger partial charge in [-0.1, -0.05) is 0 Å². The van der Waals surface area contributed by atoms with Gasteiger partial charge in [0.15, 0.2) is 0 Å². The van der Waals surface area contributed by atoms with E-state index in [1.807, 2.05) is 26.0 Å². The zero-order valence-electron chi connectivity index (χ0n) is 4.56. The molecule has 0 N–H and O–H groups in total. The number of rotatable bonds is 1. The molecule has 0 spiro atoms. The fourth-order valence-corrected chi connectivity index (χ4v) is 0.167. The zero-order valence-corrected chi connectivity index (χ0v) is 7.50. The van der Waals surface area contributed by atoms with Crippen molar-refractivity contribution in [2.24, 2.45) is 0 Å². The molecule has 0 aliphatic rings. The van der Waals surface area contributed by atoms with E-state index in [-0.39, 0.29) is 21.1 Å². The summed E-state index contributed by atoms with van der Waals surface area (Å²) in [6.07, 6.45) is 9.29. The SMILES string of the molecule is C[C-]=CC=[C-]C.[W+2]. The van der Waals surface area contributed by atoms with Gasteiger partial charge >= 0.3 is 21.1 Å². The molecule has 7 heavy (non-hydrogen) atoms. The molecular weight excluding hydrogens is 256 g/mol. The summed E-state index contributed by atoms with van der Waals surface area (Å²) in [5.41, 5.74) is 0. The molecular formula is C6H8W. The van der Waals surface area contributed by atoms with Crippen LogP contribution in [0.1, 0.15) is 13.8 Å². The monoisotopic (exact) mass is 264 g/mol. The summed E-state index contributed by atoms with van der Waals surface area (Å²) in [6.45, 7) is 3.71. The second-order valence-corrected chi connectivity index (χ2v) is 0.911. The molecule has 0 rings (SSSR count). The van der Waals surface area contributed by atoms with Crippen LogP contribution in [0.15, 0.2) is 12.2 Å². The van der Waals surface area contributed by atoms with Crippen LogP contribution in [-0.4, -0.2) is 0 Å². The Bertz CT molecular complexity index is 52.6. The van der Waals surface area contributed by atoms with Crippen molar-refractivity contribution in [2.75, 3.05) is 0 Å². The zero-order chi connectivity index (χ0) is 4.83. The van der Waals surface area contributed by atoms with Crippen molar-refractivity contribution < 1.29 is 21.1 Å². The summed E-state index contributed by atoms with van der Waals surface area (Å²) in [4.78, 5) is 0. The normalized spacial score (nSPS) is 10.0. The Labute approximate surface area is 59.6 Å². The Hall–Kier alpha value is 0.168. The Morgan fingerprint density at radius 3 is 1.43 bits per heavy atom. The second-order valence-electron chi connectivity index (χ2n) is 0.911. The third kappa shape index (κ3) is 10.7. The van der Waals surface area contributed by atoms with E-state index in [1.54, 1.807) is 0 Å². The minimum absolute atomic E-state index is 0. The van der Waals surface area contributed by atoms with Gasteiger partial charge in [-0.3, -0.25) is 0 Å². The first-order chi connectivity index (χ1) is 2.91. The first kappa shape index (κ1) is 10.2. The quantitative estimate of drug-likeness (QED) is 0.500. The summed E-state index contributed by atoms with van der Waals surface area (Å²) in [7, 11) is 0. The molecule has 0 aliphatic carbocycles. The maximum atomic E-state index is 2.83. The van der Waals surface area contributed by atoms with Crippen molar-refractivity contribution in [2.45, 2.75) is 13.8 Å². The van der Waals surface area contributed by atoms with Crippen LogP contribution in [-0.2, 0) is 21.1 Å². The third-order valence-electron chi connectivity index (χ3n) is 0.417. The van der Waals surface area contributed by atoms with Gasteiger partial charge in [0.05, 0.1) is 0 Å². The van der Waals surface area contributed by atoms with E-state index in [4.69, 9.17) is 0 Å². The molecule has 1 heteroatoms. The van der Waals surface area contributed by atoms with E-state index in [0.29, 0.717) is 0 Å². The molecule has 0 heterocycles. The predicted octanol–water partition coefficient (Wildman–Crippen LogP) is 1.74. The van der Waals surface area contributed by atoms with E-state index in [9.17, 15) is 0 Å². The standard InChI is InChI=1S/C6H8.W/c1-3-5-6-4-2;/h5-6H,1-2H3;/q-2;+2. The van der Waals surface area contributed by atoms with E-state index >= 15 is 0 Å². The van der Waals surface area contributed by atoms with Crippen molar-refractivity contribution >= 4 is 0 Å². The minimum atomic E-state index is 0. The molecule has 0 aromatic heterocycles. The van der Waals surface area contributed by atoms with Gasteiger partial charge in [-0.15, -0.1) is 13.8 Å². The van der Waals surface area contributed by atoms with Gasteiger partial charge in [0.2, 0.25) is 0 Å². The molecule has 0 aromatic carbocycles. The van der Waals surface area contributed by atoms with Crippen LogP contribution in [0.3, 0.4) is 0 Å². The van der Waals surface area contributed by atoms with E-state index in [1.165, 1.54) is 0 Å². The van der Waals surface area contributed by atoms with Crippen molar-refractivity contribution in [3.63, 3.8) is 0 Å². The first-order valence-corrected chi connectivity index (χ1v) is 1.91. The fraction of sp³-hybridized carbons (Fsp3) is 0.333. The summed E-state index contributed by atoms with van der Waals surface area (Å²) in [6, 6.07) is 0. The molecule has 0 aliphatic heterocycles. The van der Waals surface area contributed by atoms with Crippen LogP contribution in [0, 0.1) is 12.2 Å². The summed E-state index contributed by atoms with van der Waals surface area (Å²) in [5, 5.41) is 0. The molecule has 38 valence electrons. The number of hydrogen-bond donors (Lipinski definition) is 0. The van der Waals surface area contributed by atoms with E-state index in [2.05, 4.69) is 12.2 Å². The van der Waals surface area contributed by atoms with Gasteiger partial charge in [0, 0.05) is 0 Å². The molecule has 0 saturated carbocycles. The molecule has 0 amide bonds. The molecule has 0 atom stereocenters. The molecule has 0 bridgehead atoms. The Kier molecular flexibility index (Phi) is 13.8. The Morgan fingerprint density at radius 1 is 1.00 bits per heavy atom. The van der Waals surface area contributed by atoms with Gasteiger partial charge < -0.3 is 24.3 Å². The van der Waals surface area contributed by atoms with Crippen LogP contribution in [0.25, 0.3) is 0 Å². The van der Waals surface area contributed by atoms with Crippen LogP contribution >= 0.6 is 0 Å². The average molecular weight is 264 g/mol. The Balaban J connectivity index is 0. The van der Waals surface area contributed by atoms with Crippen molar-refractivity contribution in [1.29, 1.82) is 0 Å². The summed E-state index contributed by atoms with van der Waals surface area (Å²) >= 11 is 0. The molecule has 0 radical (unpaired) electrons. The molecule has 0 nitrogen and oxygen atoms in total. The molecule has 0 fully saturated rings. The van der Waals surface area contributed by atoms with Gasteiger partial charge in [0.25, 0.3) is 0 Å². The smallest absolute Gasteiger partial charge is 0.391 e. The van der Waals surface area contributed by atoms with Gasteiger partial charge in [0.1, 0.15) is 0 Å². The summed E-state index contributed by atoms with van der Waals surface area (Å²) in [5.74, 6) is 0. The maximum Gasteiger partial charge on any atom is 2.00 e. The Morgan fingerprint density at radius 2 is 1.29 bits per heavy atom. The average Bonchev–Trinajstić information content (AvgIpc) is 1.61. The molecule has 0 aromatic rings. The number of allylic oxidation sites excluding steroid dienone is 4. The number of hydrogen-bond acceptors (Lipinski definition) is 0. The predicted molar refractivity (Wildman–Crippen MR) is 27.0 cm³/mol. The molecule has 0 saturated heterocycles. The first-order valence-electron chi connectivity index (χ1n) is 1.91.